The monoisotopic (exact) mass is 335 g/mol. The lowest BCUT2D eigenvalue weighted by atomic mass is 10.1. The summed E-state index contributed by atoms with van der Waals surface area (Å²) in [5, 5.41) is 9.17. The summed E-state index contributed by atoms with van der Waals surface area (Å²) >= 11 is 0. The largest absolute Gasteiger partial charge is 0.491 e. The van der Waals surface area contributed by atoms with Crippen molar-refractivity contribution in [1.82, 2.24) is 4.90 Å². The Morgan fingerprint density at radius 1 is 1.33 bits per heavy atom. The molecule has 1 aromatic carbocycles. The molecule has 6 heteroatoms. The van der Waals surface area contributed by atoms with Gasteiger partial charge in [-0.2, -0.15) is 0 Å². The van der Waals surface area contributed by atoms with Crippen molar-refractivity contribution in [3.8, 4) is 5.75 Å². The molecule has 1 aromatic rings. The molecule has 2 rings (SSSR count). The second-order valence-electron chi connectivity index (χ2n) is 7.06. The maximum absolute atomic E-state index is 12.2. The van der Waals surface area contributed by atoms with Crippen molar-refractivity contribution in [3.05, 3.63) is 29.3 Å². The molecule has 6 nitrogen and oxygen atoms in total. The van der Waals surface area contributed by atoms with Gasteiger partial charge in [0.05, 0.1) is 11.6 Å². The van der Waals surface area contributed by atoms with Gasteiger partial charge in [0.15, 0.2) is 0 Å². The molecule has 132 valence electrons. The van der Waals surface area contributed by atoms with Crippen LogP contribution in [0.25, 0.3) is 0 Å². The van der Waals surface area contributed by atoms with Crippen molar-refractivity contribution in [2.75, 3.05) is 13.2 Å². The Bertz CT molecular complexity index is 620. The molecule has 1 fully saturated rings. The number of likely N-dealkylation sites (tertiary alicyclic amines) is 1. The highest BCUT2D eigenvalue weighted by molar-refractivity contribution is 5.89. The predicted octanol–water partition coefficient (Wildman–Crippen LogP) is 3.47. The molecule has 0 bridgehead atoms. The van der Waals surface area contributed by atoms with Gasteiger partial charge in [0.2, 0.25) is 0 Å². The summed E-state index contributed by atoms with van der Waals surface area (Å²) in [6.07, 6.45) is 1.42. The minimum absolute atomic E-state index is 0.0607. The maximum atomic E-state index is 12.2. The van der Waals surface area contributed by atoms with E-state index >= 15 is 0 Å². The lowest BCUT2D eigenvalue weighted by Gasteiger charge is -2.28. The number of amides is 1. The molecule has 0 unspecified atom stereocenters. The van der Waals surface area contributed by atoms with Gasteiger partial charge in [-0.05, 0) is 58.2 Å². The Morgan fingerprint density at radius 2 is 2.04 bits per heavy atom. The lowest BCUT2D eigenvalue weighted by molar-refractivity contribution is 0.0187. The van der Waals surface area contributed by atoms with Gasteiger partial charge in [0.25, 0.3) is 0 Å². The number of aromatic carboxylic acids is 1. The first-order valence-corrected chi connectivity index (χ1v) is 8.14. The first-order valence-electron chi connectivity index (χ1n) is 8.14. The summed E-state index contributed by atoms with van der Waals surface area (Å²) in [7, 11) is 0. The van der Waals surface area contributed by atoms with Gasteiger partial charge in [0.1, 0.15) is 18.0 Å². The quantitative estimate of drug-likeness (QED) is 0.912. The fourth-order valence-corrected chi connectivity index (χ4v) is 2.68. The molecule has 0 radical (unpaired) electrons. The number of benzene rings is 1. The number of hydrogen-bond donors (Lipinski definition) is 1. The topological polar surface area (TPSA) is 76.1 Å². The molecule has 0 saturated carbocycles. The molecule has 1 heterocycles. The zero-order chi connectivity index (χ0) is 17.9. The van der Waals surface area contributed by atoms with Gasteiger partial charge in [-0.1, -0.05) is 6.07 Å². The van der Waals surface area contributed by atoms with Crippen molar-refractivity contribution in [1.29, 1.82) is 0 Å². The molecule has 0 aliphatic carbocycles. The molecule has 1 N–H and O–H groups in total. The number of carboxylic acids is 1. The normalized spacial score (nSPS) is 17.7. The van der Waals surface area contributed by atoms with Gasteiger partial charge in [-0.15, -0.1) is 0 Å². The molecule has 1 aliphatic rings. The molecular formula is C18H25NO5. The summed E-state index contributed by atoms with van der Waals surface area (Å²) in [5.41, 5.74) is 0.382. The van der Waals surface area contributed by atoms with Crippen molar-refractivity contribution >= 4 is 12.1 Å². The Morgan fingerprint density at radius 3 is 2.67 bits per heavy atom. The Kier molecular flexibility index (Phi) is 5.36. The summed E-state index contributed by atoms with van der Waals surface area (Å²) in [6.45, 7) is 8.23. The smallest absolute Gasteiger partial charge is 0.410 e. The van der Waals surface area contributed by atoms with E-state index in [1.165, 1.54) is 6.07 Å². The molecule has 1 amide bonds. The number of carbonyl (C=O) groups excluding carboxylic acids is 1. The number of hydrogen-bond acceptors (Lipinski definition) is 4. The second-order valence-corrected chi connectivity index (χ2v) is 7.06. The molecule has 0 aromatic heterocycles. The van der Waals surface area contributed by atoms with Crippen LogP contribution >= 0.6 is 0 Å². The van der Waals surface area contributed by atoms with Gasteiger partial charge < -0.3 is 19.5 Å². The van der Waals surface area contributed by atoms with E-state index < -0.39 is 11.6 Å². The minimum Gasteiger partial charge on any atom is -0.491 e. The average Bonchev–Trinajstić information content (AvgIpc) is 2.93. The molecular weight excluding hydrogens is 310 g/mol. The molecule has 0 spiro atoms. The Balaban J connectivity index is 1.99. The highest BCUT2D eigenvalue weighted by atomic mass is 16.6. The summed E-state index contributed by atoms with van der Waals surface area (Å²) in [6, 6.07) is 4.92. The summed E-state index contributed by atoms with van der Waals surface area (Å²) in [4.78, 5) is 25.1. The Hall–Kier alpha value is -2.24. The van der Waals surface area contributed by atoms with Crippen molar-refractivity contribution in [2.45, 2.75) is 52.2 Å². The molecule has 1 aliphatic heterocycles. The predicted molar refractivity (Wildman–Crippen MR) is 89.6 cm³/mol. The standard InChI is InChI=1S/C18H25NO5/c1-12-7-8-14(10-15(12)16(20)21)23-11-13-6-5-9-19(13)17(22)24-18(2,3)4/h7-8,10,13H,5-6,9,11H2,1-4H3,(H,20,21)/t13-/m0/s1. The molecule has 1 atom stereocenters. The summed E-state index contributed by atoms with van der Waals surface area (Å²) < 4.78 is 11.2. The van der Waals surface area contributed by atoms with E-state index in [-0.39, 0.29) is 17.7 Å². The number of carboxylic acid groups (broad SMARTS) is 1. The van der Waals surface area contributed by atoms with Crippen LogP contribution in [0.3, 0.4) is 0 Å². The highest BCUT2D eigenvalue weighted by Crippen LogP contribution is 2.23. The highest BCUT2D eigenvalue weighted by Gasteiger charge is 2.32. The second kappa shape index (κ2) is 7.11. The van der Waals surface area contributed by atoms with Crippen LogP contribution < -0.4 is 4.74 Å². The van der Waals surface area contributed by atoms with Crippen LogP contribution in [-0.4, -0.2) is 46.9 Å². The SMILES string of the molecule is Cc1ccc(OC[C@@H]2CCCN2C(=O)OC(C)(C)C)cc1C(=O)O. The van der Waals surface area contributed by atoms with E-state index in [0.29, 0.717) is 24.5 Å². The zero-order valence-electron chi connectivity index (χ0n) is 14.7. The number of carbonyl (C=O) groups is 2. The van der Waals surface area contributed by atoms with Gasteiger partial charge in [-0.3, -0.25) is 0 Å². The van der Waals surface area contributed by atoms with Crippen LogP contribution in [0.4, 0.5) is 4.79 Å². The number of nitrogens with zero attached hydrogens (tertiary/aromatic N) is 1. The lowest BCUT2D eigenvalue weighted by Crippen LogP contribution is -2.42. The molecule has 24 heavy (non-hydrogen) atoms. The fourth-order valence-electron chi connectivity index (χ4n) is 2.68. The maximum Gasteiger partial charge on any atom is 0.410 e. The van der Waals surface area contributed by atoms with Gasteiger partial charge in [0, 0.05) is 6.54 Å². The summed E-state index contributed by atoms with van der Waals surface area (Å²) in [5.74, 6) is -0.483. The third kappa shape index (κ3) is 4.63. The van der Waals surface area contributed by atoms with Crippen molar-refractivity contribution < 1.29 is 24.2 Å². The Labute approximate surface area is 142 Å². The van der Waals surface area contributed by atoms with Gasteiger partial charge >= 0.3 is 12.1 Å². The first kappa shape index (κ1) is 18.1. The third-order valence-corrected chi connectivity index (χ3v) is 3.89. The number of aryl methyl sites for hydroxylation is 1. The van der Waals surface area contributed by atoms with Crippen LogP contribution in [0.15, 0.2) is 18.2 Å². The third-order valence-electron chi connectivity index (χ3n) is 3.89. The first-order chi connectivity index (χ1) is 11.2. The fraction of sp³-hybridized carbons (Fsp3) is 0.556. The zero-order valence-corrected chi connectivity index (χ0v) is 14.7. The van der Waals surface area contributed by atoms with Crippen LogP contribution in [-0.2, 0) is 4.74 Å². The minimum atomic E-state index is -0.978. The van der Waals surface area contributed by atoms with Crippen LogP contribution in [0.1, 0.15) is 49.5 Å². The van der Waals surface area contributed by atoms with Crippen LogP contribution in [0.5, 0.6) is 5.75 Å². The number of rotatable bonds is 4. The number of ether oxygens (including phenoxy) is 2. The van der Waals surface area contributed by atoms with E-state index in [2.05, 4.69) is 0 Å². The van der Waals surface area contributed by atoms with Crippen LogP contribution in [0.2, 0.25) is 0 Å². The van der Waals surface area contributed by atoms with E-state index in [1.54, 1.807) is 24.0 Å². The van der Waals surface area contributed by atoms with Crippen molar-refractivity contribution in [2.24, 2.45) is 0 Å². The van der Waals surface area contributed by atoms with Gasteiger partial charge in [-0.25, -0.2) is 9.59 Å². The average molecular weight is 335 g/mol. The van der Waals surface area contributed by atoms with E-state index in [1.807, 2.05) is 20.8 Å². The van der Waals surface area contributed by atoms with E-state index in [0.717, 1.165) is 12.8 Å². The van der Waals surface area contributed by atoms with E-state index in [9.17, 15) is 9.59 Å². The van der Waals surface area contributed by atoms with Crippen molar-refractivity contribution in [3.63, 3.8) is 0 Å². The van der Waals surface area contributed by atoms with E-state index in [4.69, 9.17) is 14.6 Å². The van der Waals surface area contributed by atoms with Crippen LogP contribution in [0, 0.1) is 6.92 Å². The molecule has 1 saturated heterocycles.